The van der Waals surface area contributed by atoms with Crippen LogP contribution < -0.4 is 0 Å². The Hall–Kier alpha value is -1.81. The summed E-state index contributed by atoms with van der Waals surface area (Å²) in [7, 11) is 0. The van der Waals surface area contributed by atoms with Crippen molar-refractivity contribution < 1.29 is 9.90 Å². The van der Waals surface area contributed by atoms with E-state index in [1.807, 2.05) is 35.2 Å². The second-order valence-electron chi connectivity index (χ2n) is 6.98. The highest BCUT2D eigenvalue weighted by Gasteiger charge is 2.33. The number of fused-ring (bicyclic) bond motifs is 1. The molecule has 0 atom stereocenters. The number of rotatable bonds is 3. The predicted molar refractivity (Wildman–Crippen MR) is 87.8 cm³/mol. The maximum Gasteiger partial charge on any atom is 0.270 e. The summed E-state index contributed by atoms with van der Waals surface area (Å²) in [5.74, 6) is 0.556. The van der Waals surface area contributed by atoms with Crippen molar-refractivity contribution in [3.8, 4) is 0 Å². The number of para-hydroxylation sites is 1. The van der Waals surface area contributed by atoms with Crippen LogP contribution in [0.2, 0.25) is 0 Å². The second kappa shape index (κ2) is 5.76. The predicted octanol–water partition coefficient (Wildman–Crippen LogP) is 3.04. The Morgan fingerprint density at radius 1 is 1.32 bits per heavy atom. The Morgan fingerprint density at radius 3 is 2.64 bits per heavy atom. The lowest BCUT2D eigenvalue weighted by molar-refractivity contribution is 0.0406. The van der Waals surface area contributed by atoms with Crippen molar-refractivity contribution in [3.05, 3.63) is 36.0 Å². The summed E-state index contributed by atoms with van der Waals surface area (Å²) < 4.78 is 0. The first kappa shape index (κ1) is 15.1. The van der Waals surface area contributed by atoms with Crippen molar-refractivity contribution in [1.82, 2.24) is 9.88 Å². The van der Waals surface area contributed by atoms with Gasteiger partial charge in [0.25, 0.3) is 5.91 Å². The molecule has 4 heteroatoms. The minimum atomic E-state index is -0.0593. The molecular formula is C18H24N2O2. The summed E-state index contributed by atoms with van der Waals surface area (Å²) in [6.45, 7) is 5.94. The summed E-state index contributed by atoms with van der Waals surface area (Å²) in [5.41, 5.74) is 1.61. The number of nitrogens with zero attached hydrogens (tertiary/aromatic N) is 1. The van der Waals surface area contributed by atoms with Gasteiger partial charge in [-0.2, -0.15) is 0 Å². The largest absolute Gasteiger partial charge is 0.396 e. The van der Waals surface area contributed by atoms with Gasteiger partial charge in [0.2, 0.25) is 0 Å². The summed E-state index contributed by atoms with van der Waals surface area (Å²) in [6, 6.07) is 9.88. The molecule has 4 nitrogen and oxygen atoms in total. The van der Waals surface area contributed by atoms with Gasteiger partial charge >= 0.3 is 0 Å². The lowest BCUT2D eigenvalue weighted by Gasteiger charge is -2.39. The standard InChI is InChI=1S/C18H24N2O2/c1-18(2,12-21)14-7-9-20(10-8-14)17(22)16-11-13-5-3-4-6-15(13)19-16/h3-6,11,14,19,21H,7-10,12H2,1-2H3. The Balaban J connectivity index is 1.69. The average molecular weight is 300 g/mol. The van der Waals surface area contributed by atoms with Gasteiger partial charge in [0, 0.05) is 30.6 Å². The number of nitrogens with one attached hydrogen (secondary N) is 1. The Morgan fingerprint density at radius 2 is 2.00 bits per heavy atom. The molecule has 1 amide bonds. The van der Waals surface area contributed by atoms with Crippen LogP contribution in [0, 0.1) is 11.3 Å². The number of aliphatic hydroxyl groups is 1. The highest BCUT2D eigenvalue weighted by Crippen LogP contribution is 2.34. The smallest absolute Gasteiger partial charge is 0.270 e. The maximum atomic E-state index is 12.6. The Kier molecular flexibility index (Phi) is 3.96. The van der Waals surface area contributed by atoms with E-state index < -0.39 is 0 Å². The number of H-pyrrole nitrogens is 1. The van der Waals surface area contributed by atoms with Crippen LogP contribution in [0.4, 0.5) is 0 Å². The van der Waals surface area contributed by atoms with Gasteiger partial charge in [0.1, 0.15) is 5.69 Å². The Bertz CT molecular complexity index is 634. The number of aliphatic hydroxyl groups excluding tert-OH is 1. The van der Waals surface area contributed by atoms with Crippen LogP contribution in [0.25, 0.3) is 10.9 Å². The molecule has 2 aromatic rings. The number of aromatic amines is 1. The van der Waals surface area contributed by atoms with Crippen molar-refractivity contribution in [3.63, 3.8) is 0 Å². The fraction of sp³-hybridized carbons (Fsp3) is 0.500. The number of amides is 1. The van der Waals surface area contributed by atoms with Crippen molar-refractivity contribution in [2.75, 3.05) is 19.7 Å². The number of carbonyl (C=O) groups is 1. The lowest BCUT2D eigenvalue weighted by Crippen LogP contribution is -2.43. The average Bonchev–Trinajstić information content (AvgIpc) is 2.98. The van der Waals surface area contributed by atoms with Gasteiger partial charge in [-0.1, -0.05) is 32.0 Å². The van der Waals surface area contributed by atoms with Crippen LogP contribution >= 0.6 is 0 Å². The first-order valence-corrected chi connectivity index (χ1v) is 7.99. The van der Waals surface area contributed by atoms with Crippen LogP contribution in [0.1, 0.15) is 37.2 Å². The monoisotopic (exact) mass is 300 g/mol. The van der Waals surface area contributed by atoms with Crippen LogP contribution in [0.3, 0.4) is 0 Å². The summed E-state index contributed by atoms with van der Waals surface area (Å²) in [6.07, 6.45) is 1.92. The van der Waals surface area contributed by atoms with E-state index in [4.69, 9.17) is 0 Å². The summed E-state index contributed by atoms with van der Waals surface area (Å²) in [4.78, 5) is 17.8. The van der Waals surface area contributed by atoms with Gasteiger partial charge in [-0.15, -0.1) is 0 Å². The van der Waals surface area contributed by atoms with Crippen LogP contribution in [-0.4, -0.2) is 40.6 Å². The first-order chi connectivity index (χ1) is 10.5. The molecule has 0 aliphatic carbocycles. The third kappa shape index (κ3) is 2.75. The van der Waals surface area contributed by atoms with Gasteiger partial charge in [-0.3, -0.25) is 4.79 Å². The van der Waals surface area contributed by atoms with E-state index >= 15 is 0 Å². The van der Waals surface area contributed by atoms with Crippen molar-refractivity contribution in [1.29, 1.82) is 0 Å². The molecule has 2 N–H and O–H groups in total. The molecule has 1 fully saturated rings. The number of hydrogen-bond donors (Lipinski definition) is 2. The molecule has 0 radical (unpaired) electrons. The van der Waals surface area contributed by atoms with Gasteiger partial charge < -0.3 is 15.0 Å². The van der Waals surface area contributed by atoms with Crippen LogP contribution in [0.15, 0.2) is 30.3 Å². The molecule has 0 bridgehead atoms. The number of piperidine rings is 1. The maximum absolute atomic E-state index is 12.6. The molecule has 2 heterocycles. The zero-order valence-electron chi connectivity index (χ0n) is 13.3. The van der Waals surface area contributed by atoms with Crippen molar-refractivity contribution in [2.24, 2.45) is 11.3 Å². The van der Waals surface area contributed by atoms with Crippen molar-refractivity contribution in [2.45, 2.75) is 26.7 Å². The van der Waals surface area contributed by atoms with E-state index in [0.717, 1.165) is 36.8 Å². The molecule has 1 aliphatic rings. The minimum Gasteiger partial charge on any atom is -0.396 e. The van der Waals surface area contributed by atoms with E-state index in [2.05, 4.69) is 18.8 Å². The number of hydrogen-bond acceptors (Lipinski definition) is 2. The van der Waals surface area contributed by atoms with E-state index in [1.54, 1.807) is 0 Å². The molecule has 118 valence electrons. The molecule has 0 saturated carbocycles. The molecular weight excluding hydrogens is 276 g/mol. The van der Waals surface area contributed by atoms with E-state index in [1.165, 1.54) is 0 Å². The quantitative estimate of drug-likeness (QED) is 0.915. The van der Waals surface area contributed by atoms with Gasteiger partial charge in [-0.25, -0.2) is 0 Å². The third-order valence-corrected chi connectivity index (χ3v) is 5.06. The fourth-order valence-electron chi connectivity index (χ4n) is 3.35. The van der Waals surface area contributed by atoms with E-state index in [-0.39, 0.29) is 17.9 Å². The highest BCUT2D eigenvalue weighted by molar-refractivity contribution is 5.98. The fourth-order valence-corrected chi connectivity index (χ4v) is 3.35. The normalized spacial score (nSPS) is 17.1. The number of likely N-dealkylation sites (tertiary alicyclic amines) is 1. The molecule has 1 saturated heterocycles. The first-order valence-electron chi connectivity index (χ1n) is 7.99. The molecule has 0 spiro atoms. The van der Waals surface area contributed by atoms with E-state index in [9.17, 15) is 9.90 Å². The Labute approximate surface area is 131 Å². The number of benzene rings is 1. The van der Waals surface area contributed by atoms with E-state index in [0.29, 0.717) is 11.6 Å². The molecule has 1 aromatic heterocycles. The molecule has 1 aliphatic heterocycles. The van der Waals surface area contributed by atoms with Crippen LogP contribution in [-0.2, 0) is 0 Å². The highest BCUT2D eigenvalue weighted by atomic mass is 16.3. The topological polar surface area (TPSA) is 56.3 Å². The zero-order valence-corrected chi connectivity index (χ0v) is 13.3. The minimum absolute atomic E-state index is 0.0593. The number of carbonyl (C=O) groups excluding carboxylic acids is 1. The SMILES string of the molecule is CC(C)(CO)C1CCN(C(=O)c2cc3ccccc3[nH]2)CC1. The summed E-state index contributed by atoms with van der Waals surface area (Å²) in [5, 5.41) is 10.6. The lowest BCUT2D eigenvalue weighted by atomic mass is 9.74. The van der Waals surface area contributed by atoms with Crippen LogP contribution in [0.5, 0.6) is 0 Å². The summed E-state index contributed by atoms with van der Waals surface area (Å²) >= 11 is 0. The van der Waals surface area contributed by atoms with Crippen molar-refractivity contribution >= 4 is 16.8 Å². The zero-order chi connectivity index (χ0) is 15.7. The number of aromatic nitrogens is 1. The third-order valence-electron chi connectivity index (χ3n) is 5.06. The molecule has 1 aromatic carbocycles. The molecule has 0 unspecified atom stereocenters. The van der Waals surface area contributed by atoms with Gasteiger partial charge in [0.15, 0.2) is 0 Å². The molecule has 3 rings (SSSR count). The molecule has 22 heavy (non-hydrogen) atoms. The second-order valence-corrected chi connectivity index (χ2v) is 6.98. The van der Waals surface area contributed by atoms with Gasteiger partial charge in [0.05, 0.1) is 0 Å². The van der Waals surface area contributed by atoms with Gasteiger partial charge in [-0.05, 0) is 36.3 Å².